The molecule has 0 saturated carbocycles. The lowest BCUT2D eigenvalue weighted by molar-refractivity contribution is -0.0818. The zero-order valence-corrected chi connectivity index (χ0v) is 12.0. The first-order valence-corrected chi connectivity index (χ1v) is 7.09. The van der Waals surface area contributed by atoms with Crippen LogP contribution in [-0.4, -0.2) is 44.3 Å². The summed E-state index contributed by atoms with van der Waals surface area (Å²) in [5, 5.41) is 14.3. The van der Waals surface area contributed by atoms with E-state index in [2.05, 4.69) is 5.32 Å². The van der Waals surface area contributed by atoms with Crippen molar-refractivity contribution in [1.82, 2.24) is 5.32 Å². The highest BCUT2D eigenvalue weighted by Gasteiger charge is 2.43. The van der Waals surface area contributed by atoms with Crippen LogP contribution in [0.1, 0.15) is 18.4 Å². The average molecular weight is 297 g/mol. The first kappa shape index (κ1) is 14.7. The number of hydrogen-bond donors (Lipinski definition) is 2. The Morgan fingerprint density at radius 1 is 1.38 bits per heavy atom. The topological polar surface area (TPSA) is 60.0 Å². The molecule has 3 rings (SSSR count). The minimum atomic E-state index is -1.16. The van der Waals surface area contributed by atoms with Gasteiger partial charge in [-0.25, -0.2) is 4.39 Å². The van der Waals surface area contributed by atoms with Crippen LogP contribution in [0.15, 0.2) is 18.2 Å². The van der Waals surface area contributed by atoms with E-state index in [4.69, 9.17) is 14.2 Å². The molecule has 1 aromatic rings. The molecule has 0 radical (unpaired) electrons. The van der Waals surface area contributed by atoms with Crippen LogP contribution in [0.5, 0.6) is 5.75 Å². The third-order valence-corrected chi connectivity index (χ3v) is 4.06. The van der Waals surface area contributed by atoms with Crippen molar-refractivity contribution < 1.29 is 23.7 Å². The molecular formula is C15H20FNO4. The van der Waals surface area contributed by atoms with Crippen molar-refractivity contribution in [3.05, 3.63) is 29.6 Å². The normalized spacial score (nSPS) is 32.0. The molecule has 0 aromatic heterocycles. The van der Waals surface area contributed by atoms with E-state index in [-0.39, 0.29) is 18.9 Å². The first-order valence-electron chi connectivity index (χ1n) is 7.09. The van der Waals surface area contributed by atoms with Crippen LogP contribution in [0.25, 0.3) is 0 Å². The van der Waals surface area contributed by atoms with Crippen molar-refractivity contribution in [2.24, 2.45) is 0 Å². The van der Waals surface area contributed by atoms with Crippen molar-refractivity contribution in [3.8, 4) is 5.75 Å². The van der Waals surface area contributed by atoms with E-state index in [0.29, 0.717) is 37.4 Å². The number of benzene rings is 1. The molecule has 5 nitrogen and oxygen atoms in total. The highest BCUT2D eigenvalue weighted by atomic mass is 19.1. The molecule has 2 atom stereocenters. The largest absolute Gasteiger partial charge is 0.467 e. The highest BCUT2D eigenvalue weighted by molar-refractivity contribution is 5.33. The quantitative estimate of drug-likeness (QED) is 0.816. The monoisotopic (exact) mass is 297 g/mol. The van der Waals surface area contributed by atoms with E-state index in [1.54, 1.807) is 12.1 Å². The van der Waals surface area contributed by atoms with Gasteiger partial charge in [0, 0.05) is 30.8 Å². The molecule has 2 unspecified atom stereocenters. The molecule has 2 heterocycles. The van der Waals surface area contributed by atoms with Crippen molar-refractivity contribution in [3.63, 3.8) is 0 Å². The van der Waals surface area contributed by atoms with Crippen LogP contribution in [-0.2, 0) is 15.1 Å². The number of piperidine rings is 1. The number of morpholine rings is 1. The van der Waals surface area contributed by atoms with Gasteiger partial charge in [0.1, 0.15) is 11.6 Å². The Balaban J connectivity index is 1.82. The van der Waals surface area contributed by atoms with Crippen molar-refractivity contribution in [2.75, 3.05) is 27.1 Å². The van der Waals surface area contributed by atoms with Crippen molar-refractivity contribution >= 4 is 0 Å². The Morgan fingerprint density at radius 2 is 2.10 bits per heavy atom. The maximum absolute atomic E-state index is 14.4. The highest BCUT2D eigenvalue weighted by Crippen LogP contribution is 2.38. The van der Waals surface area contributed by atoms with E-state index >= 15 is 0 Å². The van der Waals surface area contributed by atoms with Crippen molar-refractivity contribution in [2.45, 2.75) is 30.5 Å². The Hall–Kier alpha value is -1.21. The van der Waals surface area contributed by atoms with Crippen LogP contribution in [0.2, 0.25) is 0 Å². The molecule has 2 aliphatic rings. The van der Waals surface area contributed by atoms with Gasteiger partial charge >= 0.3 is 0 Å². The molecule has 6 heteroatoms. The van der Waals surface area contributed by atoms with E-state index in [9.17, 15) is 9.50 Å². The second-order valence-electron chi connectivity index (χ2n) is 5.73. The molecule has 2 saturated heterocycles. The summed E-state index contributed by atoms with van der Waals surface area (Å²) in [5.41, 5.74) is -0.834. The Morgan fingerprint density at radius 3 is 2.71 bits per heavy atom. The van der Waals surface area contributed by atoms with Gasteiger partial charge in [-0.1, -0.05) is 0 Å². The molecule has 2 bridgehead atoms. The van der Waals surface area contributed by atoms with Gasteiger partial charge in [-0.05, 0) is 25.0 Å². The summed E-state index contributed by atoms with van der Waals surface area (Å²) in [6.07, 6.45) is 0.886. The number of aliphatic hydroxyl groups is 1. The molecule has 2 fully saturated rings. The first-order chi connectivity index (χ1) is 10.1. The molecule has 1 aromatic carbocycles. The molecule has 2 N–H and O–H groups in total. The number of halogens is 1. The SMILES string of the molecule is COCOc1ccc(C2(O)CC3COCC(C2)N3)c(F)c1. The lowest BCUT2D eigenvalue weighted by atomic mass is 9.78. The van der Waals surface area contributed by atoms with E-state index in [1.165, 1.54) is 13.2 Å². The predicted octanol–water partition coefficient (Wildman–Crippen LogP) is 1.15. The van der Waals surface area contributed by atoms with Gasteiger partial charge in [-0.2, -0.15) is 0 Å². The molecule has 0 spiro atoms. The third-order valence-electron chi connectivity index (χ3n) is 4.06. The van der Waals surface area contributed by atoms with Gasteiger partial charge < -0.3 is 24.6 Å². The summed E-state index contributed by atoms with van der Waals surface area (Å²) in [6.45, 7) is 1.17. The van der Waals surface area contributed by atoms with Crippen molar-refractivity contribution in [1.29, 1.82) is 0 Å². The van der Waals surface area contributed by atoms with Gasteiger partial charge in [0.25, 0.3) is 0 Å². The van der Waals surface area contributed by atoms with Gasteiger partial charge in [0.15, 0.2) is 6.79 Å². The Bertz CT molecular complexity index is 498. The molecule has 116 valence electrons. The van der Waals surface area contributed by atoms with E-state index in [0.717, 1.165) is 0 Å². The Kier molecular flexibility index (Phi) is 4.12. The summed E-state index contributed by atoms with van der Waals surface area (Å²) in [6, 6.07) is 4.67. The molecular weight excluding hydrogens is 277 g/mol. The average Bonchev–Trinajstić information content (AvgIpc) is 2.44. The fourth-order valence-corrected chi connectivity index (χ4v) is 3.23. The van der Waals surface area contributed by atoms with Crippen LogP contribution in [0.4, 0.5) is 4.39 Å². The Labute approximate surface area is 123 Å². The zero-order chi connectivity index (χ0) is 14.9. The van der Waals surface area contributed by atoms with Crippen LogP contribution in [0, 0.1) is 5.82 Å². The second-order valence-corrected chi connectivity index (χ2v) is 5.73. The maximum atomic E-state index is 14.4. The lowest BCUT2D eigenvalue weighted by Crippen LogP contribution is -2.58. The summed E-state index contributed by atoms with van der Waals surface area (Å²) >= 11 is 0. The zero-order valence-electron chi connectivity index (χ0n) is 12.0. The summed E-state index contributed by atoms with van der Waals surface area (Å²) in [7, 11) is 1.50. The fraction of sp³-hybridized carbons (Fsp3) is 0.600. The number of rotatable bonds is 4. The summed E-state index contributed by atoms with van der Waals surface area (Å²) in [4.78, 5) is 0. The molecule has 2 aliphatic heterocycles. The molecule has 0 aliphatic carbocycles. The molecule has 0 amide bonds. The number of hydrogen-bond acceptors (Lipinski definition) is 5. The van der Waals surface area contributed by atoms with Crippen LogP contribution >= 0.6 is 0 Å². The summed E-state index contributed by atoms with van der Waals surface area (Å²) < 4.78 is 29.8. The van der Waals surface area contributed by atoms with Gasteiger partial charge in [-0.3, -0.25) is 0 Å². The van der Waals surface area contributed by atoms with Gasteiger partial charge in [0.2, 0.25) is 0 Å². The summed E-state index contributed by atoms with van der Waals surface area (Å²) in [5.74, 6) is -0.0637. The number of fused-ring (bicyclic) bond motifs is 2. The minimum absolute atomic E-state index is 0.0614. The third kappa shape index (κ3) is 3.03. The van der Waals surface area contributed by atoms with Gasteiger partial charge in [-0.15, -0.1) is 0 Å². The van der Waals surface area contributed by atoms with E-state index in [1.807, 2.05) is 0 Å². The van der Waals surface area contributed by atoms with Crippen LogP contribution in [0.3, 0.4) is 0 Å². The fourth-order valence-electron chi connectivity index (χ4n) is 3.23. The van der Waals surface area contributed by atoms with Crippen LogP contribution < -0.4 is 10.1 Å². The molecule has 21 heavy (non-hydrogen) atoms. The maximum Gasteiger partial charge on any atom is 0.188 e. The number of nitrogens with one attached hydrogen (secondary N) is 1. The second kappa shape index (κ2) is 5.88. The van der Waals surface area contributed by atoms with E-state index < -0.39 is 11.4 Å². The predicted molar refractivity (Wildman–Crippen MR) is 73.6 cm³/mol. The standard InChI is InChI=1S/C15H20FNO4/c1-19-9-21-12-2-3-13(14(16)4-12)15(18)5-10-7-20-8-11(6-15)17-10/h2-4,10-11,17-18H,5-9H2,1H3. The number of methoxy groups -OCH3 is 1. The van der Waals surface area contributed by atoms with Gasteiger partial charge in [0.05, 0.1) is 18.8 Å². The number of ether oxygens (including phenoxy) is 3. The smallest absolute Gasteiger partial charge is 0.188 e. The minimum Gasteiger partial charge on any atom is -0.467 e. The lowest BCUT2D eigenvalue weighted by Gasteiger charge is -2.45.